The third kappa shape index (κ3) is 1.66. The lowest BCUT2D eigenvalue weighted by molar-refractivity contribution is -0.00555. The van der Waals surface area contributed by atoms with Crippen LogP contribution in [0.3, 0.4) is 0 Å². The molecule has 0 aliphatic heterocycles. The molecule has 98 valence electrons. The smallest absolute Gasteiger partial charge is 0.135 e. The number of nitrogens with zero attached hydrogens (tertiary/aromatic N) is 2. The van der Waals surface area contributed by atoms with Crippen molar-refractivity contribution in [3.63, 3.8) is 0 Å². The largest absolute Gasteiger partial charge is 0.143 e. The Kier molecular flexibility index (Phi) is 2.54. The minimum Gasteiger partial charge on any atom is -0.143 e. The van der Waals surface area contributed by atoms with Crippen molar-refractivity contribution >= 4 is 22.9 Å². The van der Waals surface area contributed by atoms with E-state index < -0.39 is 0 Å². The van der Waals surface area contributed by atoms with E-state index in [4.69, 9.17) is 11.6 Å². The summed E-state index contributed by atoms with van der Waals surface area (Å²) in [7, 11) is 0. The number of hydrogen-bond donors (Lipinski definition) is 0. The first-order valence-electron chi connectivity index (χ1n) is 7.12. The van der Waals surface area contributed by atoms with Crippen molar-refractivity contribution < 1.29 is 0 Å². The molecule has 2 nitrogen and oxygen atoms in total. The van der Waals surface area contributed by atoms with Crippen LogP contribution in [0.4, 0.5) is 0 Å². The van der Waals surface area contributed by atoms with Gasteiger partial charge in [-0.05, 0) is 63.2 Å². The minimum atomic E-state index is 0.00478. The maximum atomic E-state index is 6.13. The summed E-state index contributed by atoms with van der Waals surface area (Å²) < 4.78 is 0. The predicted molar refractivity (Wildman–Crippen MR) is 74.0 cm³/mol. The molecule has 4 aliphatic rings. The van der Waals surface area contributed by atoms with Crippen molar-refractivity contribution in [2.24, 2.45) is 17.8 Å². The molecule has 1 aromatic heterocycles. The van der Waals surface area contributed by atoms with Crippen LogP contribution in [0.5, 0.6) is 0 Å². The summed E-state index contributed by atoms with van der Waals surface area (Å²) in [4.78, 5) is 0. The SMILES string of the molecule is CC(Cl)c1nnc(C23CC4CC(CC(C4)C2)C3)s1. The van der Waals surface area contributed by atoms with E-state index >= 15 is 0 Å². The highest BCUT2D eigenvalue weighted by Gasteiger charge is 2.53. The van der Waals surface area contributed by atoms with Gasteiger partial charge in [0, 0.05) is 5.41 Å². The lowest BCUT2D eigenvalue weighted by Crippen LogP contribution is -2.48. The van der Waals surface area contributed by atoms with Gasteiger partial charge < -0.3 is 0 Å². The number of hydrogen-bond acceptors (Lipinski definition) is 3. The second-order valence-electron chi connectivity index (χ2n) is 6.76. The van der Waals surface area contributed by atoms with Gasteiger partial charge in [0.25, 0.3) is 0 Å². The van der Waals surface area contributed by atoms with Crippen molar-refractivity contribution in [2.75, 3.05) is 0 Å². The van der Waals surface area contributed by atoms with Gasteiger partial charge in [-0.2, -0.15) is 0 Å². The van der Waals surface area contributed by atoms with E-state index in [0.717, 1.165) is 22.8 Å². The number of halogens is 1. The molecule has 0 N–H and O–H groups in total. The summed E-state index contributed by atoms with van der Waals surface area (Å²) >= 11 is 7.91. The molecule has 1 heterocycles. The average molecular weight is 283 g/mol. The van der Waals surface area contributed by atoms with E-state index in [1.54, 1.807) is 11.3 Å². The normalized spacial score (nSPS) is 43.3. The third-order valence-corrected chi connectivity index (χ3v) is 6.96. The maximum absolute atomic E-state index is 6.13. The van der Waals surface area contributed by atoms with Crippen LogP contribution in [-0.2, 0) is 5.41 Å². The first-order chi connectivity index (χ1) is 8.64. The molecule has 0 spiro atoms. The molecule has 4 aliphatic carbocycles. The highest BCUT2D eigenvalue weighted by atomic mass is 35.5. The van der Waals surface area contributed by atoms with Gasteiger partial charge in [0.2, 0.25) is 0 Å². The van der Waals surface area contributed by atoms with Gasteiger partial charge in [0.15, 0.2) is 0 Å². The first-order valence-corrected chi connectivity index (χ1v) is 8.38. The van der Waals surface area contributed by atoms with Crippen molar-refractivity contribution in [1.29, 1.82) is 0 Å². The Hall–Kier alpha value is -0.150. The molecule has 0 amide bonds. The van der Waals surface area contributed by atoms with Crippen molar-refractivity contribution in [3.8, 4) is 0 Å². The van der Waals surface area contributed by atoms with Crippen molar-refractivity contribution in [3.05, 3.63) is 10.0 Å². The predicted octanol–water partition coefficient (Wildman–Crippen LogP) is 4.31. The van der Waals surface area contributed by atoms with Crippen LogP contribution in [-0.4, -0.2) is 10.2 Å². The van der Waals surface area contributed by atoms with E-state index in [0.29, 0.717) is 5.41 Å². The van der Waals surface area contributed by atoms with E-state index in [-0.39, 0.29) is 5.38 Å². The molecule has 0 radical (unpaired) electrons. The molecule has 1 unspecified atom stereocenters. The van der Waals surface area contributed by atoms with E-state index in [2.05, 4.69) is 10.2 Å². The second kappa shape index (κ2) is 3.92. The van der Waals surface area contributed by atoms with Gasteiger partial charge in [0.1, 0.15) is 10.0 Å². The van der Waals surface area contributed by atoms with Crippen LogP contribution in [0.1, 0.15) is 60.8 Å². The van der Waals surface area contributed by atoms with Gasteiger partial charge >= 0.3 is 0 Å². The van der Waals surface area contributed by atoms with Crippen LogP contribution in [0.25, 0.3) is 0 Å². The third-order valence-electron chi connectivity index (χ3n) is 5.27. The fourth-order valence-corrected chi connectivity index (χ4v) is 6.15. The fourth-order valence-electron chi connectivity index (χ4n) is 4.98. The Labute approximate surface area is 117 Å². The highest BCUT2D eigenvalue weighted by molar-refractivity contribution is 7.11. The lowest BCUT2D eigenvalue weighted by atomic mass is 9.50. The Balaban J connectivity index is 1.70. The van der Waals surface area contributed by atoms with Crippen molar-refractivity contribution in [2.45, 2.75) is 56.2 Å². The highest BCUT2D eigenvalue weighted by Crippen LogP contribution is 2.61. The van der Waals surface area contributed by atoms with Gasteiger partial charge in [-0.25, -0.2) is 0 Å². The summed E-state index contributed by atoms with van der Waals surface area (Å²) in [6.45, 7) is 1.99. The maximum Gasteiger partial charge on any atom is 0.135 e. The average Bonchev–Trinajstić information content (AvgIpc) is 2.76. The van der Waals surface area contributed by atoms with Gasteiger partial charge in [-0.3, -0.25) is 0 Å². The van der Waals surface area contributed by atoms with Gasteiger partial charge in [-0.15, -0.1) is 21.8 Å². The molecule has 1 aromatic rings. The first kappa shape index (κ1) is 11.7. The molecule has 4 bridgehead atoms. The number of rotatable bonds is 2. The second-order valence-corrected chi connectivity index (χ2v) is 8.42. The Morgan fingerprint density at radius 2 is 1.67 bits per heavy atom. The molecule has 18 heavy (non-hydrogen) atoms. The summed E-state index contributed by atoms with van der Waals surface area (Å²) in [5.41, 5.74) is 0.385. The number of alkyl halides is 1. The summed E-state index contributed by atoms with van der Waals surface area (Å²) in [6.07, 6.45) is 8.54. The lowest BCUT2D eigenvalue weighted by Gasteiger charge is -2.55. The van der Waals surface area contributed by atoms with Crippen LogP contribution < -0.4 is 0 Å². The Morgan fingerprint density at radius 3 is 2.11 bits per heavy atom. The zero-order chi connectivity index (χ0) is 12.3. The van der Waals surface area contributed by atoms with E-state index in [9.17, 15) is 0 Å². The zero-order valence-corrected chi connectivity index (χ0v) is 12.3. The topological polar surface area (TPSA) is 25.8 Å². The summed E-state index contributed by atoms with van der Waals surface area (Å²) in [6, 6.07) is 0. The standard InChI is InChI=1S/C14H19ClN2S/c1-8(15)12-16-17-13(18-12)14-5-9-2-10(6-14)4-11(3-9)7-14/h8-11H,2-7H2,1H3. The quantitative estimate of drug-likeness (QED) is 0.756. The molecular weight excluding hydrogens is 264 g/mol. The van der Waals surface area contributed by atoms with Crippen molar-refractivity contribution in [1.82, 2.24) is 10.2 Å². The molecule has 4 fully saturated rings. The van der Waals surface area contributed by atoms with E-state index in [1.165, 1.54) is 43.5 Å². The zero-order valence-electron chi connectivity index (χ0n) is 10.7. The summed E-state index contributed by atoms with van der Waals surface area (Å²) in [5, 5.41) is 11.1. The van der Waals surface area contributed by atoms with Crippen LogP contribution in [0.2, 0.25) is 0 Å². The Bertz CT molecular complexity index is 433. The monoisotopic (exact) mass is 282 g/mol. The molecule has 5 rings (SSSR count). The van der Waals surface area contributed by atoms with E-state index in [1.807, 2.05) is 6.92 Å². The summed E-state index contributed by atoms with van der Waals surface area (Å²) in [5.74, 6) is 2.91. The molecule has 4 saturated carbocycles. The number of aromatic nitrogens is 2. The van der Waals surface area contributed by atoms with Gasteiger partial charge in [0.05, 0.1) is 5.38 Å². The Morgan fingerprint density at radius 1 is 1.11 bits per heavy atom. The molecule has 0 saturated heterocycles. The molecule has 0 aromatic carbocycles. The van der Waals surface area contributed by atoms with Crippen LogP contribution >= 0.6 is 22.9 Å². The van der Waals surface area contributed by atoms with Gasteiger partial charge in [-0.1, -0.05) is 11.3 Å². The van der Waals surface area contributed by atoms with Crippen LogP contribution in [0.15, 0.2) is 0 Å². The minimum absolute atomic E-state index is 0.00478. The molecule has 4 heteroatoms. The van der Waals surface area contributed by atoms with Crippen LogP contribution in [0, 0.1) is 17.8 Å². The molecule has 1 atom stereocenters. The fraction of sp³-hybridized carbons (Fsp3) is 0.857. The molecular formula is C14H19ClN2S.